The van der Waals surface area contributed by atoms with Gasteiger partial charge in [0.25, 0.3) is 5.92 Å². The Kier molecular flexibility index (Phi) is 5.51. The van der Waals surface area contributed by atoms with Gasteiger partial charge in [-0.2, -0.15) is 0 Å². The van der Waals surface area contributed by atoms with Crippen molar-refractivity contribution in [1.82, 2.24) is 4.90 Å². The lowest BCUT2D eigenvalue weighted by Crippen LogP contribution is -2.38. The summed E-state index contributed by atoms with van der Waals surface area (Å²) in [6, 6.07) is 15.9. The fraction of sp³-hybridized carbons (Fsp3) is 0.368. The maximum atomic E-state index is 13.2. The van der Waals surface area contributed by atoms with Gasteiger partial charge in [0.15, 0.2) is 0 Å². The topological polar surface area (TPSA) is 12.5 Å². The summed E-state index contributed by atoms with van der Waals surface area (Å²) in [6.07, 6.45) is -0.109. The Hall–Kier alpha value is -1.46. The summed E-state index contributed by atoms with van der Waals surface area (Å²) in [6.45, 7) is 2.04. The molecule has 0 unspecified atom stereocenters. The molecule has 0 saturated carbocycles. The minimum Gasteiger partial charge on any atom is -0.488 e. The predicted molar refractivity (Wildman–Crippen MR) is 94.4 cm³/mol. The Balaban J connectivity index is 1.61. The summed E-state index contributed by atoms with van der Waals surface area (Å²) in [5, 5.41) is 0. The standard InChI is InChI=1S/C19H20BrF2NO/c20-17-7-6-16(13-23-10-8-19(21,22)9-11-23)12-18(17)24-14-15-4-2-1-3-5-15/h1-7,12H,8-11,13-14H2. The first-order valence-corrected chi connectivity index (χ1v) is 8.86. The molecular weight excluding hydrogens is 376 g/mol. The number of rotatable bonds is 5. The Morgan fingerprint density at radius 3 is 2.42 bits per heavy atom. The Morgan fingerprint density at radius 2 is 1.71 bits per heavy atom. The monoisotopic (exact) mass is 395 g/mol. The molecule has 2 nitrogen and oxygen atoms in total. The first-order valence-electron chi connectivity index (χ1n) is 8.07. The molecule has 0 N–H and O–H groups in total. The number of piperidine rings is 1. The summed E-state index contributed by atoms with van der Waals surface area (Å²) in [5.41, 5.74) is 2.18. The van der Waals surface area contributed by atoms with Crippen molar-refractivity contribution < 1.29 is 13.5 Å². The molecule has 0 aliphatic carbocycles. The van der Waals surface area contributed by atoms with E-state index in [1.54, 1.807) is 0 Å². The fourth-order valence-electron chi connectivity index (χ4n) is 2.79. The van der Waals surface area contributed by atoms with Crippen LogP contribution in [0.4, 0.5) is 8.78 Å². The van der Waals surface area contributed by atoms with Crippen LogP contribution >= 0.6 is 15.9 Å². The van der Waals surface area contributed by atoms with Gasteiger partial charge in [-0.25, -0.2) is 8.78 Å². The van der Waals surface area contributed by atoms with E-state index >= 15 is 0 Å². The molecule has 1 saturated heterocycles. The minimum absolute atomic E-state index is 0.0547. The molecule has 0 radical (unpaired) electrons. The van der Waals surface area contributed by atoms with Crippen molar-refractivity contribution in [3.8, 4) is 5.75 Å². The lowest BCUT2D eigenvalue weighted by Gasteiger charge is -2.31. The first-order chi connectivity index (χ1) is 11.5. The Bertz CT molecular complexity index is 668. The summed E-state index contributed by atoms with van der Waals surface area (Å²) >= 11 is 3.51. The van der Waals surface area contributed by atoms with Crippen molar-refractivity contribution in [2.45, 2.75) is 31.9 Å². The molecule has 0 bridgehead atoms. The highest BCUT2D eigenvalue weighted by atomic mass is 79.9. The fourth-order valence-corrected chi connectivity index (χ4v) is 3.15. The minimum atomic E-state index is -2.50. The van der Waals surface area contributed by atoms with Crippen LogP contribution in [0.15, 0.2) is 53.0 Å². The van der Waals surface area contributed by atoms with Gasteiger partial charge in [-0.15, -0.1) is 0 Å². The third-order valence-electron chi connectivity index (χ3n) is 4.23. The summed E-state index contributed by atoms with van der Waals surface area (Å²) in [7, 11) is 0. The predicted octanol–water partition coefficient (Wildman–Crippen LogP) is 5.26. The van der Waals surface area contributed by atoms with Crippen molar-refractivity contribution >= 4 is 15.9 Å². The normalized spacial score (nSPS) is 17.6. The number of benzene rings is 2. The zero-order chi connectivity index (χ0) is 17.0. The van der Waals surface area contributed by atoms with E-state index in [1.165, 1.54) is 0 Å². The van der Waals surface area contributed by atoms with Crippen LogP contribution in [0.2, 0.25) is 0 Å². The molecule has 1 aliphatic heterocycles. The highest BCUT2D eigenvalue weighted by Crippen LogP contribution is 2.30. The molecule has 2 aromatic carbocycles. The lowest BCUT2D eigenvalue weighted by atomic mass is 10.1. The van der Waals surface area contributed by atoms with Gasteiger partial charge in [-0.05, 0) is 39.2 Å². The molecule has 0 aromatic heterocycles. The van der Waals surface area contributed by atoms with Crippen molar-refractivity contribution in [3.05, 3.63) is 64.1 Å². The van der Waals surface area contributed by atoms with Crippen molar-refractivity contribution in [2.24, 2.45) is 0 Å². The van der Waals surface area contributed by atoms with Gasteiger partial charge in [0.1, 0.15) is 12.4 Å². The van der Waals surface area contributed by atoms with Crippen LogP contribution in [-0.2, 0) is 13.2 Å². The molecule has 1 fully saturated rings. The highest BCUT2D eigenvalue weighted by molar-refractivity contribution is 9.10. The van der Waals surface area contributed by atoms with Gasteiger partial charge < -0.3 is 4.74 Å². The lowest BCUT2D eigenvalue weighted by molar-refractivity contribution is -0.0566. The maximum absolute atomic E-state index is 13.2. The molecule has 1 heterocycles. The van der Waals surface area contributed by atoms with Gasteiger partial charge in [0, 0.05) is 32.5 Å². The summed E-state index contributed by atoms with van der Waals surface area (Å²) in [5.74, 6) is -1.72. The number of alkyl halides is 2. The van der Waals surface area contributed by atoms with Gasteiger partial charge in [0.2, 0.25) is 0 Å². The molecule has 2 aromatic rings. The second kappa shape index (κ2) is 7.62. The zero-order valence-electron chi connectivity index (χ0n) is 13.4. The smallest absolute Gasteiger partial charge is 0.250 e. The number of nitrogens with zero attached hydrogens (tertiary/aromatic N) is 1. The van der Waals surface area contributed by atoms with Crippen LogP contribution in [0, 0.1) is 0 Å². The molecule has 128 valence electrons. The van der Waals surface area contributed by atoms with E-state index in [0.29, 0.717) is 26.2 Å². The number of ether oxygens (including phenoxy) is 1. The van der Waals surface area contributed by atoms with Gasteiger partial charge in [0.05, 0.1) is 4.47 Å². The van der Waals surface area contributed by atoms with E-state index in [1.807, 2.05) is 48.5 Å². The van der Waals surface area contributed by atoms with Crippen molar-refractivity contribution in [1.29, 1.82) is 0 Å². The van der Waals surface area contributed by atoms with E-state index in [4.69, 9.17) is 4.74 Å². The average molecular weight is 396 g/mol. The highest BCUT2D eigenvalue weighted by Gasteiger charge is 2.33. The van der Waals surface area contributed by atoms with E-state index in [0.717, 1.165) is 21.3 Å². The SMILES string of the molecule is FC1(F)CCN(Cc2ccc(Br)c(OCc3ccccc3)c2)CC1. The largest absolute Gasteiger partial charge is 0.488 e. The quantitative estimate of drug-likeness (QED) is 0.684. The zero-order valence-corrected chi connectivity index (χ0v) is 14.9. The van der Waals surface area contributed by atoms with Crippen LogP contribution in [0.25, 0.3) is 0 Å². The van der Waals surface area contributed by atoms with Crippen LogP contribution in [0.1, 0.15) is 24.0 Å². The van der Waals surface area contributed by atoms with E-state index in [9.17, 15) is 8.78 Å². The third kappa shape index (κ3) is 4.77. The number of hydrogen-bond acceptors (Lipinski definition) is 2. The number of hydrogen-bond donors (Lipinski definition) is 0. The summed E-state index contributed by atoms with van der Waals surface area (Å²) in [4.78, 5) is 2.07. The molecular formula is C19H20BrF2NO. The molecule has 5 heteroatoms. The maximum Gasteiger partial charge on any atom is 0.250 e. The van der Waals surface area contributed by atoms with Crippen molar-refractivity contribution in [3.63, 3.8) is 0 Å². The van der Waals surface area contributed by atoms with Crippen LogP contribution in [0.3, 0.4) is 0 Å². The van der Waals surface area contributed by atoms with E-state index in [-0.39, 0.29) is 12.8 Å². The van der Waals surface area contributed by atoms with Crippen LogP contribution in [-0.4, -0.2) is 23.9 Å². The van der Waals surface area contributed by atoms with E-state index in [2.05, 4.69) is 20.8 Å². The Morgan fingerprint density at radius 1 is 1.00 bits per heavy atom. The van der Waals surface area contributed by atoms with Crippen molar-refractivity contribution in [2.75, 3.05) is 13.1 Å². The molecule has 0 spiro atoms. The molecule has 3 rings (SSSR count). The molecule has 0 amide bonds. The number of likely N-dealkylation sites (tertiary alicyclic amines) is 1. The second-order valence-corrected chi connectivity index (χ2v) is 7.03. The summed E-state index contributed by atoms with van der Waals surface area (Å²) < 4.78 is 33.3. The van der Waals surface area contributed by atoms with Gasteiger partial charge >= 0.3 is 0 Å². The van der Waals surface area contributed by atoms with Crippen LogP contribution in [0.5, 0.6) is 5.75 Å². The third-order valence-corrected chi connectivity index (χ3v) is 4.88. The van der Waals surface area contributed by atoms with E-state index < -0.39 is 5.92 Å². The van der Waals surface area contributed by atoms with Gasteiger partial charge in [-0.3, -0.25) is 4.90 Å². The Labute approximate surface area is 149 Å². The molecule has 24 heavy (non-hydrogen) atoms. The number of halogens is 3. The average Bonchev–Trinajstić information content (AvgIpc) is 2.58. The van der Waals surface area contributed by atoms with Crippen LogP contribution < -0.4 is 4.74 Å². The van der Waals surface area contributed by atoms with Gasteiger partial charge in [-0.1, -0.05) is 36.4 Å². The first kappa shape index (κ1) is 17.4. The molecule has 0 atom stereocenters. The molecule has 1 aliphatic rings. The second-order valence-electron chi connectivity index (χ2n) is 6.17.